The van der Waals surface area contributed by atoms with Gasteiger partial charge in [0.25, 0.3) is 0 Å². The van der Waals surface area contributed by atoms with Crippen LogP contribution in [0.5, 0.6) is 0 Å². The first-order valence-corrected chi connectivity index (χ1v) is 6.58. The fourth-order valence-electron chi connectivity index (χ4n) is 2.20. The Bertz CT molecular complexity index is 616. The van der Waals surface area contributed by atoms with Crippen molar-refractivity contribution in [1.29, 1.82) is 0 Å². The zero-order valence-corrected chi connectivity index (χ0v) is 11.0. The molecule has 1 aromatic carbocycles. The third kappa shape index (κ3) is 2.74. The third-order valence-corrected chi connectivity index (χ3v) is 3.57. The summed E-state index contributed by atoms with van der Waals surface area (Å²) in [4.78, 5) is 8.92. The molecule has 2 aromatic rings. The molecular weight excluding hydrogens is 265 g/mol. The van der Waals surface area contributed by atoms with Crippen LogP contribution < -0.4 is 5.32 Å². The van der Waals surface area contributed by atoms with Crippen molar-refractivity contribution in [2.75, 3.05) is 6.54 Å². The second-order valence-electron chi connectivity index (χ2n) is 4.60. The Morgan fingerprint density at radius 3 is 3.11 bits per heavy atom. The smallest absolute Gasteiger partial charge is 0.132 e. The quantitative estimate of drug-likeness (QED) is 0.917. The molecule has 0 radical (unpaired) electrons. The number of rotatable bonds is 2. The molecule has 1 aliphatic rings. The molecule has 0 bridgehead atoms. The van der Waals surface area contributed by atoms with Crippen molar-refractivity contribution in [2.45, 2.75) is 19.4 Å². The highest BCUT2D eigenvalue weighted by Crippen LogP contribution is 2.20. The van der Waals surface area contributed by atoms with Gasteiger partial charge < -0.3 is 5.32 Å². The van der Waals surface area contributed by atoms with E-state index in [1.807, 2.05) is 6.20 Å². The van der Waals surface area contributed by atoms with Crippen molar-refractivity contribution >= 4 is 11.6 Å². The Balaban J connectivity index is 1.87. The van der Waals surface area contributed by atoms with Gasteiger partial charge in [0.1, 0.15) is 11.6 Å². The number of aromatic nitrogens is 2. The van der Waals surface area contributed by atoms with E-state index < -0.39 is 0 Å². The monoisotopic (exact) mass is 277 g/mol. The molecule has 0 atom stereocenters. The average Bonchev–Trinajstić information content (AvgIpc) is 2.42. The molecular formula is C14H13ClFN3. The van der Waals surface area contributed by atoms with Gasteiger partial charge in [-0.05, 0) is 17.7 Å². The highest BCUT2D eigenvalue weighted by atomic mass is 35.5. The average molecular weight is 278 g/mol. The Morgan fingerprint density at radius 1 is 1.37 bits per heavy atom. The molecule has 3 nitrogen and oxygen atoms in total. The van der Waals surface area contributed by atoms with E-state index in [4.69, 9.17) is 11.6 Å². The normalized spacial score (nSPS) is 14.2. The lowest BCUT2D eigenvalue weighted by Crippen LogP contribution is -2.25. The summed E-state index contributed by atoms with van der Waals surface area (Å²) >= 11 is 6.02. The van der Waals surface area contributed by atoms with Gasteiger partial charge in [-0.15, -0.1) is 0 Å². The lowest BCUT2D eigenvalue weighted by Gasteiger charge is -2.16. The number of nitrogens with one attached hydrogen (secondary N) is 1. The van der Waals surface area contributed by atoms with Crippen LogP contribution in [-0.4, -0.2) is 16.5 Å². The highest BCUT2D eigenvalue weighted by molar-refractivity contribution is 6.31. The maximum atomic E-state index is 13.0. The molecule has 3 rings (SSSR count). The molecule has 2 heterocycles. The molecule has 5 heteroatoms. The van der Waals surface area contributed by atoms with Crippen LogP contribution in [0.4, 0.5) is 4.39 Å². The van der Waals surface area contributed by atoms with E-state index in [1.54, 1.807) is 6.07 Å². The van der Waals surface area contributed by atoms with E-state index in [-0.39, 0.29) is 5.82 Å². The summed E-state index contributed by atoms with van der Waals surface area (Å²) in [6.07, 6.45) is 3.31. The topological polar surface area (TPSA) is 37.8 Å². The molecule has 1 N–H and O–H groups in total. The van der Waals surface area contributed by atoms with E-state index in [2.05, 4.69) is 15.3 Å². The molecule has 0 amide bonds. The van der Waals surface area contributed by atoms with Crippen LogP contribution in [0.1, 0.15) is 22.6 Å². The number of hydrogen-bond donors (Lipinski definition) is 1. The summed E-state index contributed by atoms with van der Waals surface area (Å²) in [6.45, 7) is 1.77. The molecule has 1 aliphatic heterocycles. The highest BCUT2D eigenvalue weighted by Gasteiger charge is 2.12. The molecule has 0 unspecified atom stereocenters. The van der Waals surface area contributed by atoms with Gasteiger partial charge in [-0.25, -0.2) is 14.4 Å². The van der Waals surface area contributed by atoms with Crippen molar-refractivity contribution in [2.24, 2.45) is 0 Å². The number of halogens is 2. The molecule has 0 saturated heterocycles. The lowest BCUT2D eigenvalue weighted by atomic mass is 10.1. The molecule has 98 valence electrons. The predicted octanol–water partition coefficient (Wildman–Crippen LogP) is 2.51. The summed E-state index contributed by atoms with van der Waals surface area (Å²) < 4.78 is 13.0. The van der Waals surface area contributed by atoms with Crippen LogP contribution in [0, 0.1) is 5.82 Å². The lowest BCUT2D eigenvalue weighted by molar-refractivity contribution is 0.620. The zero-order chi connectivity index (χ0) is 13.2. The molecule has 0 aliphatic carbocycles. The van der Waals surface area contributed by atoms with Crippen LogP contribution in [0.25, 0.3) is 0 Å². The van der Waals surface area contributed by atoms with Gasteiger partial charge in [-0.2, -0.15) is 0 Å². The second-order valence-corrected chi connectivity index (χ2v) is 5.00. The first kappa shape index (κ1) is 12.5. The Hall–Kier alpha value is -1.52. The van der Waals surface area contributed by atoms with Crippen LogP contribution >= 0.6 is 11.6 Å². The molecule has 19 heavy (non-hydrogen) atoms. The van der Waals surface area contributed by atoms with Gasteiger partial charge in [0.15, 0.2) is 0 Å². The van der Waals surface area contributed by atoms with Gasteiger partial charge in [-0.3, -0.25) is 0 Å². The summed E-state index contributed by atoms with van der Waals surface area (Å²) in [7, 11) is 0. The van der Waals surface area contributed by atoms with Crippen molar-refractivity contribution in [1.82, 2.24) is 15.3 Å². The minimum absolute atomic E-state index is 0.328. The standard InChI is InChI=1S/C14H13ClFN3/c15-12-6-11(16)2-1-9(12)5-14-18-8-10-7-17-4-3-13(10)19-14/h1-2,6,8,17H,3-5,7H2. The fourth-order valence-corrected chi connectivity index (χ4v) is 2.43. The van der Waals surface area contributed by atoms with Gasteiger partial charge in [0.2, 0.25) is 0 Å². The zero-order valence-electron chi connectivity index (χ0n) is 10.3. The van der Waals surface area contributed by atoms with E-state index in [1.165, 1.54) is 12.1 Å². The van der Waals surface area contributed by atoms with E-state index in [0.717, 1.165) is 42.2 Å². The van der Waals surface area contributed by atoms with Gasteiger partial charge in [0, 0.05) is 48.4 Å². The van der Waals surface area contributed by atoms with Crippen LogP contribution in [-0.2, 0) is 19.4 Å². The molecule has 0 saturated carbocycles. The summed E-state index contributed by atoms with van der Waals surface area (Å²) in [5.41, 5.74) is 3.10. The van der Waals surface area contributed by atoms with E-state index in [9.17, 15) is 4.39 Å². The Morgan fingerprint density at radius 2 is 2.26 bits per heavy atom. The van der Waals surface area contributed by atoms with E-state index in [0.29, 0.717) is 11.4 Å². The third-order valence-electron chi connectivity index (χ3n) is 3.22. The minimum atomic E-state index is -0.328. The van der Waals surface area contributed by atoms with Crippen LogP contribution in [0.3, 0.4) is 0 Å². The van der Waals surface area contributed by atoms with Gasteiger partial charge >= 0.3 is 0 Å². The molecule has 1 aromatic heterocycles. The number of nitrogens with zero attached hydrogens (tertiary/aromatic N) is 2. The summed E-state index contributed by atoms with van der Waals surface area (Å²) in [5.74, 6) is 0.403. The van der Waals surface area contributed by atoms with Crippen LogP contribution in [0.2, 0.25) is 5.02 Å². The number of fused-ring (bicyclic) bond motifs is 1. The van der Waals surface area contributed by atoms with Crippen LogP contribution in [0.15, 0.2) is 24.4 Å². The van der Waals surface area contributed by atoms with E-state index >= 15 is 0 Å². The molecule has 0 spiro atoms. The number of hydrogen-bond acceptors (Lipinski definition) is 3. The summed E-state index contributed by atoms with van der Waals surface area (Å²) in [6, 6.07) is 4.41. The Kier molecular flexibility index (Phi) is 3.44. The van der Waals surface area contributed by atoms with Crippen molar-refractivity contribution in [3.63, 3.8) is 0 Å². The summed E-state index contributed by atoms with van der Waals surface area (Å²) in [5, 5.41) is 3.70. The first-order valence-electron chi connectivity index (χ1n) is 6.21. The fraction of sp³-hybridized carbons (Fsp3) is 0.286. The first-order chi connectivity index (χ1) is 9.22. The minimum Gasteiger partial charge on any atom is -0.312 e. The SMILES string of the molecule is Fc1ccc(Cc2ncc3c(n2)CCNC3)c(Cl)c1. The van der Waals surface area contributed by atoms with Crippen molar-refractivity contribution in [3.05, 3.63) is 57.9 Å². The second kappa shape index (κ2) is 5.23. The van der Waals surface area contributed by atoms with Gasteiger partial charge in [0.05, 0.1) is 0 Å². The van der Waals surface area contributed by atoms with Crippen molar-refractivity contribution < 1.29 is 4.39 Å². The molecule has 0 fully saturated rings. The maximum absolute atomic E-state index is 13.0. The van der Waals surface area contributed by atoms with Crippen molar-refractivity contribution in [3.8, 4) is 0 Å². The maximum Gasteiger partial charge on any atom is 0.132 e. The Labute approximate surface area is 115 Å². The predicted molar refractivity (Wildman–Crippen MR) is 71.7 cm³/mol. The largest absolute Gasteiger partial charge is 0.312 e. The number of benzene rings is 1. The van der Waals surface area contributed by atoms with Gasteiger partial charge in [-0.1, -0.05) is 17.7 Å².